The molecule has 3 nitrogen and oxygen atoms in total. The maximum Gasteiger partial charge on any atom is 0.224 e. The molecule has 0 bridgehead atoms. The molecule has 0 aromatic heterocycles. The van der Waals surface area contributed by atoms with E-state index in [0.29, 0.717) is 6.42 Å². The Balaban J connectivity index is 1.60. The van der Waals surface area contributed by atoms with Crippen molar-refractivity contribution in [3.05, 3.63) is 60.2 Å². The van der Waals surface area contributed by atoms with E-state index in [-0.39, 0.29) is 11.8 Å². The highest BCUT2D eigenvalue weighted by Crippen LogP contribution is 2.24. The minimum absolute atomic E-state index is 0.0694. The van der Waals surface area contributed by atoms with Gasteiger partial charge < -0.3 is 10.2 Å². The van der Waals surface area contributed by atoms with Crippen LogP contribution in [0, 0.1) is 0 Å². The van der Waals surface area contributed by atoms with Gasteiger partial charge in [0.15, 0.2) is 0 Å². The fourth-order valence-electron chi connectivity index (χ4n) is 3.15. The van der Waals surface area contributed by atoms with Gasteiger partial charge in [0, 0.05) is 30.9 Å². The minimum atomic E-state index is 0.0694. The average Bonchev–Trinajstić information content (AvgIpc) is 3.10. The maximum absolute atomic E-state index is 12.3. The molecular weight excluding hydrogens is 284 g/mol. The Morgan fingerprint density at radius 3 is 2.57 bits per heavy atom. The van der Waals surface area contributed by atoms with Gasteiger partial charge in [0.1, 0.15) is 0 Å². The Bertz CT molecular complexity index is 648. The zero-order chi connectivity index (χ0) is 16.1. The molecule has 1 aliphatic heterocycles. The van der Waals surface area contributed by atoms with E-state index >= 15 is 0 Å². The predicted octanol–water partition coefficient (Wildman–Crippen LogP) is 4.42. The minimum Gasteiger partial charge on any atom is -0.371 e. The largest absolute Gasteiger partial charge is 0.371 e. The summed E-state index contributed by atoms with van der Waals surface area (Å²) in [6, 6.07) is 18.4. The molecule has 0 aliphatic carbocycles. The number of nitrogens with zero attached hydrogens (tertiary/aromatic N) is 1. The molecule has 1 saturated heterocycles. The molecule has 1 atom stereocenters. The third-order valence-corrected chi connectivity index (χ3v) is 4.46. The van der Waals surface area contributed by atoms with Crippen molar-refractivity contribution in [3.63, 3.8) is 0 Å². The lowest BCUT2D eigenvalue weighted by molar-refractivity contribution is -0.116. The number of anilines is 2. The highest BCUT2D eigenvalue weighted by molar-refractivity contribution is 5.91. The first-order valence-corrected chi connectivity index (χ1v) is 8.42. The first-order chi connectivity index (χ1) is 11.2. The van der Waals surface area contributed by atoms with Crippen LogP contribution in [0.15, 0.2) is 54.6 Å². The maximum atomic E-state index is 12.3. The molecule has 1 N–H and O–H groups in total. The predicted molar refractivity (Wildman–Crippen MR) is 96.0 cm³/mol. The Kier molecular flexibility index (Phi) is 4.96. The highest BCUT2D eigenvalue weighted by Gasteiger charge is 2.14. The van der Waals surface area contributed by atoms with Gasteiger partial charge in [-0.25, -0.2) is 0 Å². The molecule has 23 heavy (non-hydrogen) atoms. The summed E-state index contributed by atoms with van der Waals surface area (Å²) in [6.45, 7) is 4.32. The fourth-order valence-corrected chi connectivity index (χ4v) is 3.15. The summed E-state index contributed by atoms with van der Waals surface area (Å²) in [6.07, 6.45) is 3.01. The van der Waals surface area contributed by atoms with Crippen LogP contribution >= 0.6 is 0 Å². The summed E-state index contributed by atoms with van der Waals surface area (Å²) in [5.41, 5.74) is 3.30. The van der Waals surface area contributed by atoms with Gasteiger partial charge in [0.2, 0.25) is 5.91 Å². The summed E-state index contributed by atoms with van der Waals surface area (Å²) < 4.78 is 0. The van der Waals surface area contributed by atoms with Gasteiger partial charge in [0.25, 0.3) is 0 Å². The topological polar surface area (TPSA) is 32.3 Å². The normalized spacial score (nSPS) is 15.4. The molecule has 1 aliphatic rings. The van der Waals surface area contributed by atoms with E-state index in [1.165, 1.54) is 24.1 Å². The Hall–Kier alpha value is -2.29. The van der Waals surface area contributed by atoms with Crippen molar-refractivity contribution in [2.45, 2.75) is 32.1 Å². The molecule has 0 spiro atoms. The second-order valence-electron chi connectivity index (χ2n) is 6.31. The van der Waals surface area contributed by atoms with E-state index in [2.05, 4.69) is 41.4 Å². The highest BCUT2D eigenvalue weighted by atomic mass is 16.1. The number of hydrogen-bond acceptors (Lipinski definition) is 2. The molecule has 1 unspecified atom stereocenters. The standard InChI is InChI=1S/C20H24N2O/c1-16(17-8-3-2-4-9-17)14-20(23)21-18-10-7-11-19(15-18)22-12-5-6-13-22/h2-4,7-11,15-16H,5-6,12-14H2,1H3,(H,21,23). The van der Waals surface area contributed by atoms with Gasteiger partial charge >= 0.3 is 0 Å². The Morgan fingerprint density at radius 1 is 1.09 bits per heavy atom. The number of benzene rings is 2. The first-order valence-electron chi connectivity index (χ1n) is 8.42. The molecule has 2 aromatic rings. The quantitative estimate of drug-likeness (QED) is 0.887. The van der Waals surface area contributed by atoms with Crippen molar-refractivity contribution in [3.8, 4) is 0 Å². The molecule has 1 heterocycles. The van der Waals surface area contributed by atoms with Gasteiger partial charge in [-0.15, -0.1) is 0 Å². The molecule has 120 valence electrons. The van der Waals surface area contributed by atoms with Gasteiger partial charge in [0.05, 0.1) is 0 Å². The lowest BCUT2D eigenvalue weighted by Gasteiger charge is -2.18. The number of hydrogen-bond donors (Lipinski definition) is 1. The summed E-state index contributed by atoms with van der Waals surface area (Å²) in [5.74, 6) is 0.290. The number of carbonyl (C=O) groups is 1. The van der Waals surface area contributed by atoms with Crippen molar-refractivity contribution in [2.75, 3.05) is 23.3 Å². The number of nitrogens with one attached hydrogen (secondary N) is 1. The van der Waals surface area contributed by atoms with Crippen molar-refractivity contribution in [1.82, 2.24) is 0 Å². The molecule has 1 amide bonds. The van der Waals surface area contributed by atoms with E-state index in [1.807, 2.05) is 30.3 Å². The average molecular weight is 308 g/mol. The first kappa shape index (κ1) is 15.6. The van der Waals surface area contributed by atoms with Crippen molar-refractivity contribution < 1.29 is 4.79 Å². The zero-order valence-corrected chi connectivity index (χ0v) is 13.7. The van der Waals surface area contributed by atoms with E-state index in [9.17, 15) is 4.79 Å². The van der Waals surface area contributed by atoms with Crippen molar-refractivity contribution >= 4 is 17.3 Å². The van der Waals surface area contributed by atoms with Crippen LogP contribution in [-0.2, 0) is 4.79 Å². The Morgan fingerprint density at radius 2 is 1.83 bits per heavy atom. The molecule has 3 rings (SSSR count). The third kappa shape index (κ3) is 4.13. The lowest BCUT2D eigenvalue weighted by atomic mass is 9.97. The Labute approximate surface area is 138 Å². The smallest absolute Gasteiger partial charge is 0.224 e. The zero-order valence-electron chi connectivity index (χ0n) is 13.7. The van der Waals surface area contributed by atoms with Crippen LogP contribution in [0.2, 0.25) is 0 Å². The van der Waals surface area contributed by atoms with Crippen LogP contribution in [0.3, 0.4) is 0 Å². The summed E-state index contributed by atoms with van der Waals surface area (Å²) in [5, 5.41) is 3.04. The number of rotatable bonds is 5. The van der Waals surface area contributed by atoms with Crippen LogP contribution < -0.4 is 10.2 Å². The van der Waals surface area contributed by atoms with Gasteiger partial charge in [-0.2, -0.15) is 0 Å². The molecular formula is C20H24N2O. The summed E-state index contributed by atoms with van der Waals surface area (Å²) in [4.78, 5) is 14.7. The fraction of sp³-hybridized carbons (Fsp3) is 0.350. The number of amides is 1. The molecule has 0 saturated carbocycles. The van der Waals surface area contributed by atoms with Gasteiger partial charge in [-0.3, -0.25) is 4.79 Å². The van der Waals surface area contributed by atoms with Crippen LogP contribution in [-0.4, -0.2) is 19.0 Å². The van der Waals surface area contributed by atoms with E-state index in [0.717, 1.165) is 18.8 Å². The van der Waals surface area contributed by atoms with E-state index in [1.54, 1.807) is 0 Å². The van der Waals surface area contributed by atoms with Gasteiger partial charge in [-0.1, -0.05) is 43.3 Å². The second kappa shape index (κ2) is 7.32. The van der Waals surface area contributed by atoms with Crippen molar-refractivity contribution in [2.24, 2.45) is 0 Å². The molecule has 0 radical (unpaired) electrons. The molecule has 2 aromatic carbocycles. The van der Waals surface area contributed by atoms with Crippen LogP contribution in [0.4, 0.5) is 11.4 Å². The summed E-state index contributed by atoms with van der Waals surface area (Å²) >= 11 is 0. The van der Waals surface area contributed by atoms with Crippen molar-refractivity contribution in [1.29, 1.82) is 0 Å². The monoisotopic (exact) mass is 308 g/mol. The number of carbonyl (C=O) groups excluding carboxylic acids is 1. The van der Waals surface area contributed by atoms with Crippen LogP contribution in [0.25, 0.3) is 0 Å². The van der Waals surface area contributed by atoms with Crippen LogP contribution in [0.1, 0.15) is 37.7 Å². The van der Waals surface area contributed by atoms with E-state index < -0.39 is 0 Å². The van der Waals surface area contributed by atoms with Gasteiger partial charge in [-0.05, 0) is 42.5 Å². The third-order valence-electron chi connectivity index (χ3n) is 4.46. The second-order valence-corrected chi connectivity index (χ2v) is 6.31. The lowest BCUT2D eigenvalue weighted by Crippen LogP contribution is -2.18. The van der Waals surface area contributed by atoms with Crippen LogP contribution in [0.5, 0.6) is 0 Å². The summed E-state index contributed by atoms with van der Waals surface area (Å²) in [7, 11) is 0. The van der Waals surface area contributed by atoms with E-state index in [4.69, 9.17) is 0 Å². The molecule has 1 fully saturated rings. The molecule has 3 heteroatoms. The SMILES string of the molecule is CC(CC(=O)Nc1cccc(N2CCCC2)c1)c1ccccc1.